The van der Waals surface area contributed by atoms with Crippen LogP contribution in [0.5, 0.6) is 0 Å². The maximum Gasteiger partial charge on any atom is 0.304 e. The number of unbranched alkanes of at least 4 members (excludes halogenated alkanes) is 1. The van der Waals surface area contributed by atoms with Crippen molar-refractivity contribution in [2.24, 2.45) is 0 Å². The van der Waals surface area contributed by atoms with E-state index in [0.29, 0.717) is 6.54 Å². The van der Waals surface area contributed by atoms with Gasteiger partial charge in [-0.25, -0.2) is 4.39 Å². The van der Waals surface area contributed by atoms with Crippen LogP contribution in [0.25, 0.3) is 0 Å². The number of rotatable bonds is 9. The smallest absolute Gasteiger partial charge is 0.304 e. The molecule has 0 aliphatic carbocycles. The Morgan fingerprint density at radius 3 is 2.47 bits per heavy atom. The highest BCUT2D eigenvalue weighted by atomic mass is 19.1. The number of carboxylic acids is 1. The molecule has 0 atom stereocenters. The van der Waals surface area contributed by atoms with Crippen LogP contribution in [0, 0.1) is 5.82 Å². The van der Waals surface area contributed by atoms with E-state index in [2.05, 4.69) is 11.8 Å². The highest BCUT2D eigenvalue weighted by molar-refractivity contribution is 5.66. The Morgan fingerprint density at radius 2 is 1.89 bits per heavy atom. The minimum absolute atomic E-state index is 0.174. The van der Waals surface area contributed by atoms with Crippen molar-refractivity contribution in [2.75, 3.05) is 19.6 Å². The van der Waals surface area contributed by atoms with E-state index in [9.17, 15) is 9.18 Å². The van der Waals surface area contributed by atoms with Gasteiger partial charge in [-0.15, -0.1) is 0 Å². The van der Waals surface area contributed by atoms with Crippen molar-refractivity contribution in [3.63, 3.8) is 0 Å². The summed E-state index contributed by atoms with van der Waals surface area (Å²) in [5.74, 6) is -0.985. The third kappa shape index (κ3) is 6.91. The van der Waals surface area contributed by atoms with Gasteiger partial charge in [-0.05, 0) is 37.1 Å². The molecule has 0 bridgehead atoms. The fraction of sp³-hybridized carbons (Fsp3) is 0.533. The topological polar surface area (TPSA) is 40.5 Å². The number of hydrogen-bond acceptors (Lipinski definition) is 2. The summed E-state index contributed by atoms with van der Waals surface area (Å²) in [6.45, 7) is 4.44. The second-order valence-corrected chi connectivity index (χ2v) is 4.72. The van der Waals surface area contributed by atoms with Crippen molar-refractivity contribution < 1.29 is 14.3 Å². The Morgan fingerprint density at radius 1 is 1.21 bits per heavy atom. The van der Waals surface area contributed by atoms with Crippen molar-refractivity contribution in [3.05, 3.63) is 35.6 Å². The molecule has 0 spiro atoms. The first-order chi connectivity index (χ1) is 9.11. The molecule has 0 heterocycles. The molecule has 0 aliphatic rings. The minimum Gasteiger partial charge on any atom is -0.481 e. The largest absolute Gasteiger partial charge is 0.481 e. The van der Waals surface area contributed by atoms with Crippen LogP contribution in [-0.2, 0) is 11.2 Å². The number of carboxylic acid groups (broad SMARTS) is 1. The molecule has 1 N–H and O–H groups in total. The quantitative estimate of drug-likeness (QED) is 0.748. The summed E-state index contributed by atoms with van der Waals surface area (Å²) >= 11 is 0. The van der Waals surface area contributed by atoms with Gasteiger partial charge in [-0.1, -0.05) is 25.5 Å². The second kappa shape index (κ2) is 8.64. The Balaban J connectivity index is 2.42. The van der Waals surface area contributed by atoms with E-state index in [1.54, 1.807) is 12.1 Å². The van der Waals surface area contributed by atoms with E-state index in [4.69, 9.17) is 5.11 Å². The van der Waals surface area contributed by atoms with Crippen LogP contribution in [0.1, 0.15) is 31.7 Å². The number of hydrogen-bond donors (Lipinski definition) is 1. The van der Waals surface area contributed by atoms with Crippen molar-refractivity contribution in [3.8, 4) is 0 Å². The van der Waals surface area contributed by atoms with Gasteiger partial charge in [-0.2, -0.15) is 0 Å². The molecule has 1 rings (SSSR count). The molecular weight excluding hydrogens is 245 g/mol. The van der Waals surface area contributed by atoms with Crippen LogP contribution >= 0.6 is 0 Å². The molecule has 0 unspecified atom stereocenters. The SMILES string of the molecule is CCCCN(CCC(=O)O)CCc1ccc(F)cc1. The molecule has 0 aromatic heterocycles. The molecule has 0 fully saturated rings. The first kappa shape index (κ1) is 15.6. The summed E-state index contributed by atoms with van der Waals surface area (Å²) in [6, 6.07) is 6.49. The van der Waals surface area contributed by atoms with Gasteiger partial charge in [0.2, 0.25) is 0 Å². The lowest BCUT2D eigenvalue weighted by atomic mass is 10.1. The van der Waals surface area contributed by atoms with Gasteiger partial charge >= 0.3 is 5.97 Å². The first-order valence-corrected chi connectivity index (χ1v) is 6.80. The molecule has 0 aliphatic heterocycles. The van der Waals surface area contributed by atoms with E-state index in [1.165, 1.54) is 12.1 Å². The zero-order chi connectivity index (χ0) is 14.1. The standard InChI is InChI=1S/C15H22FNO2/c1-2-3-10-17(12-9-15(18)19)11-8-13-4-6-14(16)7-5-13/h4-7H,2-3,8-12H2,1H3,(H,18,19). The van der Waals surface area contributed by atoms with E-state index >= 15 is 0 Å². The lowest BCUT2D eigenvalue weighted by molar-refractivity contribution is -0.137. The molecule has 1 aromatic rings. The summed E-state index contributed by atoms with van der Waals surface area (Å²) in [6.07, 6.45) is 3.17. The summed E-state index contributed by atoms with van der Waals surface area (Å²) < 4.78 is 12.8. The fourth-order valence-corrected chi connectivity index (χ4v) is 1.91. The summed E-state index contributed by atoms with van der Waals surface area (Å²) in [5, 5.41) is 8.74. The molecule has 1 aromatic carbocycles. The molecule has 4 heteroatoms. The predicted molar refractivity (Wildman–Crippen MR) is 73.7 cm³/mol. The van der Waals surface area contributed by atoms with Gasteiger partial charge in [0.05, 0.1) is 6.42 Å². The summed E-state index contributed by atoms with van der Waals surface area (Å²) in [5.41, 5.74) is 1.08. The van der Waals surface area contributed by atoms with Gasteiger partial charge in [0.25, 0.3) is 0 Å². The van der Waals surface area contributed by atoms with E-state index < -0.39 is 5.97 Å². The van der Waals surface area contributed by atoms with E-state index in [1.807, 2.05) is 0 Å². The average Bonchev–Trinajstić information content (AvgIpc) is 2.39. The number of nitrogens with zero attached hydrogens (tertiary/aromatic N) is 1. The molecular formula is C15H22FNO2. The van der Waals surface area contributed by atoms with Gasteiger partial charge in [0.15, 0.2) is 0 Å². The Labute approximate surface area is 114 Å². The van der Waals surface area contributed by atoms with Crippen molar-refractivity contribution in [1.82, 2.24) is 4.90 Å². The second-order valence-electron chi connectivity index (χ2n) is 4.72. The number of benzene rings is 1. The van der Waals surface area contributed by atoms with E-state index in [-0.39, 0.29) is 12.2 Å². The molecule has 0 radical (unpaired) electrons. The summed E-state index contributed by atoms with van der Waals surface area (Å²) in [7, 11) is 0. The highest BCUT2D eigenvalue weighted by Gasteiger charge is 2.07. The Hall–Kier alpha value is -1.42. The lowest BCUT2D eigenvalue weighted by Gasteiger charge is -2.21. The van der Waals surface area contributed by atoms with Crippen LogP contribution in [0.15, 0.2) is 24.3 Å². The maximum atomic E-state index is 12.8. The van der Waals surface area contributed by atoms with Gasteiger partial charge in [0, 0.05) is 13.1 Å². The number of aliphatic carboxylic acids is 1. The van der Waals surface area contributed by atoms with Crippen LogP contribution in [0.3, 0.4) is 0 Å². The fourth-order valence-electron chi connectivity index (χ4n) is 1.91. The number of halogens is 1. The van der Waals surface area contributed by atoms with Crippen molar-refractivity contribution in [2.45, 2.75) is 32.6 Å². The highest BCUT2D eigenvalue weighted by Crippen LogP contribution is 2.06. The molecule has 0 amide bonds. The zero-order valence-corrected chi connectivity index (χ0v) is 11.4. The monoisotopic (exact) mass is 267 g/mol. The van der Waals surface area contributed by atoms with Crippen molar-refractivity contribution in [1.29, 1.82) is 0 Å². The van der Waals surface area contributed by atoms with Crippen molar-refractivity contribution >= 4 is 5.97 Å². The molecule has 19 heavy (non-hydrogen) atoms. The average molecular weight is 267 g/mol. The molecule has 3 nitrogen and oxygen atoms in total. The lowest BCUT2D eigenvalue weighted by Crippen LogP contribution is -2.29. The van der Waals surface area contributed by atoms with Crippen LogP contribution in [0.4, 0.5) is 4.39 Å². The Kier molecular flexibility index (Phi) is 7.11. The van der Waals surface area contributed by atoms with Gasteiger partial charge < -0.3 is 10.0 Å². The Bertz CT molecular complexity index is 378. The van der Waals surface area contributed by atoms with E-state index in [0.717, 1.165) is 37.9 Å². The first-order valence-electron chi connectivity index (χ1n) is 6.80. The van der Waals surface area contributed by atoms with Crippen LogP contribution in [0.2, 0.25) is 0 Å². The van der Waals surface area contributed by atoms with Crippen LogP contribution in [-0.4, -0.2) is 35.6 Å². The predicted octanol–water partition coefficient (Wildman–Crippen LogP) is 2.95. The molecule has 0 saturated heterocycles. The number of carbonyl (C=O) groups is 1. The van der Waals surface area contributed by atoms with Gasteiger partial charge in [0.1, 0.15) is 5.82 Å². The summed E-state index contributed by atoms with van der Waals surface area (Å²) in [4.78, 5) is 12.8. The minimum atomic E-state index is -0.761. The van der Waals surface area contributed by atoms with Gasteiger partial charge in [-0.3, -0.25) is 4.79 Å². The third-order valence-electron chi connectivity index (χ3n) is 3.10. The zero-order valence-electron chi connectivity index (χ0n) is 11.4. The van der Waals surface area contributed by atoms with Crippen LogP contribution < -0.4 is 0 Å². The maximum absolute atomic E-state index is 12.8. The normalized spacial score (nSPS) is 10.9. The third-order valence-corrected chi connectivity index (χ3v) is 3.10. The molecule has 0 saturated carbocycles. The molecule has 106 valence electrons.